The van der Waals surface area contributed by atoms with Gasteiger partial charge in [-0.3, -0.25) is 0 Å². The highest BCUT2D eigenvalue weighted by Crippen LogP contribution is 2.50. The van der Waals surface area contributed by atoms with Crippen LogP contribution >= 0.6 is 11.3 Å². The molecule has 0 radical (unpaired) electrons. The monoisotopic (exact) mass is 802 g/mol. The number of aryl methyl sites for hydroxylation is 1. The zero-order valence-corrected chi connectivity index (χ0v) is 34.2. The van der Waals surface area contributed by atoms with Crippen molar-refractivity contribution in [2.45, 2.75) is 83.0 Å². The van der Waals surface area contributed by atoms with Gasteiger partial charge in [0, 0.05) is 10.3 Å². The van der Waals surface area contributed by atoms with E-state index in [4.69, 9.17) is 28.4 Å². The lowest BCUT2D eigenvalue weighted by Gasteiger charge is -2.51. The molecule has 1 spiro atoms. The van der Waals surface area contributed by atoms with Crippen LogP contribution in [0.25, 0.3) is 10.1 Å². The molecule has 6 nitrogen and oxygen atoms in total. The van der Waals surface area contributed by atoms with E-state index in [2.05, 4.69) is 97.2 Å². The van der Waals surface area contributed by atoms with Crippen molar-refractivity contribution in [2.24, 2.45) is 0 Å². The van der Waals surface area contributed by atoms with Crippen molar-refractivity contribution in [2.75, 3.05) is 6.61 Å². The quantitative estimate of drug-likeness (QED) is 0.0970. The molecular weight excluding hydrogens is 753 g/mol. The Hall–Kier alpha value is -4.96. The van der Waals surface area contributed by atoms with E-state index in [1.165, 1.54) is 26.8 Å². The van der Waals surface area contributed by atoms with E-state index >= 15 is 0 Å². The summed E-state index contributed by atoms with van der Waals surface area (Å²) in [4.78, 5) is 0. The van der Waals surface area contributed by atoms with Gasteiger partial charge in [-0.1, -0.05) is 153 Å². The van der Waals surface area contributed by atoms with Gasteiger partial charge in [0.1, 0.15) is 24.4 Å². The van der Waals surface area contributed by atoms with Gasteiger partial charge in [-0.2, -0.15) is 0 Å². The van der Waals surface area contributed by atoms with E-state index in [1.807, 2.05) is 72.8 Å². The Kier molecular flexibility index (Phi) is 12.4. The molecule has 300 valence electrons. The molecule has 59 heavy (non-hydrogen) atoms. The lowest BCUT2D eigenvalue weighted by atomic mass is 9.86. The molecule has 2 aliphatic heterocycles. The highest BCUT2D eigenvalue weighted by molar-refractivity contribution is 7.17. The van der Waals surface area contributed by atoms with E-state index in [-0.39, 0.29) is 6.61 Å². The van der Waals surface area contributed by atoms with Gasteiger partial charge in [-0.25, -0.2) is 0 Å². The molecule has 3 heterocycles. The first kappa shape index (κ1) is 39.5. The highest BCUT2D eigenvalue weighted by atomic mass is 32.1. The third kappa shape index (κ3) is 8.98. The number of thiophene rings is 1. The largest absolute Gasteiger partial charge is 0.374 e. The van der Waals surface area contributed by atoms with Crippen molar-refractivity contribution in [3.8, 4) is 0 Å². The molecule has 6 aromatic carbocycles. The number of hydrogen-bond donors (Lipinski definition) is 0. The van der Waals surface area contributed by atoms with Crippen molar-refractivity contribution >= 4 is 21.4 Å². The standard InChI is InChI=1S/C52H50O6S/c1-2-37-23-25-38(26-24-37)27-44-36-59-48-28-43-34-57-52(46(43)29-45(44)48)51(56-33-42-21-13-6-14-22-42)50(55-32-41-19-11-5-12-20-41)49(54-31-40-17-9-4-10-18-40)47(58-52)35-53-30-39-15-7-3-8-16-39/h3-26,28-29,36,47,49-51H,2,27,30-35H2,1H3/t47-,49-,50+,51-,52+/m1/s1. The summed E-state index contributed by atoms with van der Waals surface area (Å²) in [5, 5.41) is 3.50. The molecule has 2 aliphatic rings. The summed E-state index contributed by atoms with van der Waals surface area (Å²) in [6.45, 7) is 4.31. The number of hydrogen-bond acceptors (Lipinski definition) is 7. The first-order valence-electron chi connectivity index (χ1n) is 20.7. The lowest BCUT2D eigenvalue weighted by Crippen LogP contribution is -2.65. The molecule has 0 amide bonds. The van der Waals surface area contributed by atoms with Crippen molar-refractivity contribution in [1.82, 2.24) is 0 Å². The number of rotatable bonds is 16. The fourth-order valence-corrected chi connectivity index (χ4v) is 9.30. The number of ether oxygens (including phenoxy) is 6. The van der Waals surface area contributed by atoms with Crippen molar-refractivity contribution in [1.29, 1.82) is 0 Å². The molecule has 0 saturated carbocycles. The topological polar surface area (TPSA) is 55.4 Å². The summed E-state index contributed by atoms with van der Waals surface area (Å²) >= 11 is 1.78. The number of fused-ring (bicyclic) bond motifs is 3. The molecule has 0 N–H and O–H groups in total. The zero-order chi connectivity index (χ0) is 39.9. The Morgan fingerprint density at radius 1 is 0.593 bits per heavy atom. The zero-order valence-electron chi connectivity index (χ0n) is 33.4. The van der Waals surface area contributed by atoms with Crippen LogP contribution in [0.1, 0.15) is 57.0 Å². The highest BCUT2D eigenvalue weighted by Gasteiger charge is 2.61. The molecule has 9 rings (SSSR count). The van der Waals surface area contributed by atoms with Crippen molar-refractivity contribution < 1.29 is 28.4 Å². The van der Waals surface area contributed by atoms with Crippen LogP contribution in [-0.4, -0.2) is 31.0 Å². The molecule has 7 aromatic rings. The number of benzene rings is 6. The molecule has 1 aromatic heterocycles. The van der Waals surface area contributed by atoms with Gasteiger partial charge in [0.05, 0.1) is 39.6 Å². The van der Waals surface area contributed by atoms with Gasteiger partial charge in [0.2, 0.25) is 5.79 Å². The molecule has 7 heteroatoms. The molecule has 0 unspecified atom stereocenters. The molecular formula is C52H50O6S. The maximum atomic E-state index is 7.42. The Bertz CT molecular complexity index is 2390. The maximum absolute atomic E-state index is 7.42. The Morgan fingerprint density at radius 2 is 1.14 bits per heavy atom. The van der Waals surface area contributed by atoms with Crippen molar-refractivity contribution in [3.63, 3.8) is 0 Å². The fourth-order valence-electron chi connectivity index (χ4n) is 8.30. The molecule has 1 fully saturated rings. The molecule has 1 saturated heterocycles. The van der Waals surface area contributed by atoms with E-state index in [0.717, 1.165) is 46.2 Å². The Labute approximate surface area is 351 Å². The van der Waals surface area contributed by atoms with Gasteiger partial charge < -0.3 is 28.4 Å². The summed E-state index contributed by atoms with van der Waals surface area (Å²) in [6, 6.07) is 54.5. The predicted molar refractivity (Wildman–Crippen MR) is 233 cm³/mol. The second kappa shape index (κ2) is 18.5. The molecule has 5 atom stereocenters. The molecule has 0 bridgehead atoms. The summed E-state index contributed by atoms with van der Waals surface area (Å²) in [5.74, 6) is -1.31. The average molecular weight is 803 g/mol. The third-order valence-corrected chi connectivity index (χ3v) is 12.4. The minimum absolute atomic E-state index is 0.255. The van der Waals surface area contributed by atoms with E-state index in [9.17, 15) is 0 Å². The van der Waals surface area contributed by atoms with Crippen LogP contribution in [0.2, 0.25) is 0 Å². The van der Waals surface area contributed by atoms with Gasteiger partial charge in [-0.15, -0.1) is 11.3 Å². The van der Waals surface area contributed by atoms with Gasteiger partial charge in [0.25, 0.3) is 0 Å². The van der Waals surface area contributed by atoms with Crippen LogP contribution in [0.3, 0.4) is 0 Å². The van der Waals surface area contributed by atoms with Gasteiger partial charge >= 0.3 is 0 Å². The van der Waals surface area contributed by atoms with Crippen LogP contribution in [0.4, 0.5) is 0 Å². The molecule has 0 aliphatic carbocycles. The summed E-state index contributed by atoms with van der Waals surface area (Å²) in [7, 11) is 0. The third-order valence-electron chi connectivity index (χ3n) is 11.4. The Morgan fingerprint density at radius 3 is 1.73 bits per heavy atom. The summed E-state index contributed by atoms with van der Waals surface area (Å²) in [6.07, 6.45) is -0.599. The van der Waals surface area contributed by atoms with Gasteiger partial charge in [0.15, 0.2) is 0 Å². The summed E-state index contributed by atoms with van der Waals surface area (Å²) in [5.41, 5.74) is 10.2. The SMILES string of the molecule is CCc1ccc(Cc2csc3cc4c(cc23)[C@]2(OC4)O[C@H](COCc3ccccc3)[C@@H](OCc3ccccc3)[C@H](OCc3ccccc3)[C@H]2OCc2ccccc2)cc1. The predicted octanol–water partition coefficient (Wildman–Crippen LogP) is 11.1. The van der Waals surface area contributed by atoms with E-state index < -0.39 is 30.2 Å². The second-order valence-electron chi connectivity index (χ2n) is 15.5. The van der Waals surface area contributed by atoms with Crippen molar-refractivity contribution in [3.05, 3.63) is 213 Å². The summed E-state index contributed by atoms with van der Waals surface area (Å²) < 4.78 is 43.4. The van der Waals surface area contributed by atoms with E-state index in [1.54, 1.807) is 11.3 Å². The van der Waals surface area contributed by atoms with E-state index in [0.29, 0.717) is 33.0 Å². The minimum Gasteiger partial charge on any atom is -0.374 e. The Balaban J connectivity index is 1.13. The first-order valence-corrected chi connectivity index (χ1v) is 21.5. The van der Waals surface area contributed by atoms with Crippen LogP contribution in [0.15, 0.2) is 163 Å². The lowest BCUT2D eigenvalue weighted by molar-refractivity contribution is -0.387. The van der Waals surface area contributed by atoms with Crippen LogP contribution < -0.4 is 0 Å². The average Bonchev–Trinajstić information content (AvgIpc) is 3.85. The fraction of sp³-hybridized carbons (Fsp3) is 0.269. The second-order valence-corrected chi connectivity index (χ2v) is 16.4. The van der Waals surface area contributed by atoms with Crippen LogP contribution in [0.5, 0.6) is 0 Å². The van der Waals surface area contributed by atoms with Gasteiger partial charge in [-0.05, 0) is 80.2 Å². The first-order chi connectivity index (χ1) is 29.1. The van der Waals surface area contributed by atoms with Crippen LogP contribution in [-0.2, 0) is 80.1 Å². The van der Waals surface area contributed by atoms with Crippen LogP contribution in [0, 0.1) is 0 Å². The smallest absolute Gasteiger partial charge is 0.226 e. The minimum atomic E-state index is -1.31. The maximum Gasteiger partial charge on any atom is 0.226 e. The normalized spacial score (nSPS) is 21.2.